The molecule has 8 heteroatoms. The van der Waals surface area contributed by atoms with Crippen LogP contribution in [0.15, 0.2) is 86.0 Å². The van der Waals surface area contributed by atoms with Crippen molar-refractivity contribution >= 4 is 17.8 Å². The van der Waals surface area contributed by atoms with E-state index in [1.807, 2.05) is 60.7 Å². The lowest BCUT2D eigenvalue weighted by Crippen LogP contribution is -2.44. The van der Waals surface area contributed by atoms with Crippen LogP contribution in [0, 0.1) is 11.8 Å². The van der Waals surface area contributed by atoms with Crippen molar-refractivity contribution in [2.75, 3.05) is 33.0 Å². The van der Waals surface area contributed by atoms with E-state index in [9.17, 15) is 14.4 Å². The Balaban J connectivity index is 2.03. The maximum Gasteiger partial charge on any atom is 0.309 e. The van der Waals surface area contributed by atoms with Gasteiger partial charge in [-0.3, -0.25) is 14.4 Å². The van der Waals surface area contributed by atoms with Crippen molar-refractivity contribution in [2.24, 2.45) is 11.8 Å². The van der Waals surface area contributed by atoms with E-state index in [2.05, 4.69) is 23.8 Å². The van der Waals surface area contributed by atoms with Gasteiger partial charge >= 0.3 is 5.97 Å². The summed E-state index contributed by atoms with van der Waals surface area (Å²) in [4.78, 5) is 38.8. The Morgan fingerprint density at radius 1 is 0.850 bits per heavy atom. The molecule has 40 heavy (non-hydrogen) atoms. The van der Waals surface area contributed by atoms with E-state index < -0.39 is 12.0 Å². The van der Waals surface area contributed by atoms with E-state index in [0.717, 1.165) is 11.1 Å². The lowest BCUT2D eigenvalue weighted by molar-refractivity contribution is -0.149. The maximum atomic E-state index is 13.3. The number of ether oxygens (including phenoxy) is 2. The first-order chi connectivity index (χ1) is 19.5. The molecule has 2 aromatic rings. The summed E-state index contributed by atoms with van der Waals surface area (Å²) in [5.41, 5.74) is 2.02. The van der Waals surface area contributed by atoms with E-state index in [1.54, 1.807) is 12.2 Å². The Morgan fingerprint density at radius 3 is 2.05 bits per heavy atom. The summed E-state index contributed by atoms with van der Waals surface area (Å²) in [6.45, 7) is 8.18. The first-order valence-electron chi connectivity index (χ1n) is 13.7. The van der Waals surface area contributed by atoms with Crippen LogP contribution >= 0.6 is 0 Å². The highest BCUT2D eigenvalue weighted by Crippen LogP contribution is 2.16. The highest BCUT2D eigenvalue weighted by molar-refractivity contribution is 5.86. The van der Waals surface area contributed by atoms with E-state index in [1.165, 1.54) is 0 Å². The van der Waals surface area contributed by atoms with Crippen LogP contribution in [0.1, 0.15) is 30.4 Å². The topological polar surface area (TPSA) is 114 Å². The summed E-state index contributed by atoms with van der Waals surface area (Å²) in [6.07, 6.45) is 5.08. The van der Waals surface area contributed by atoms with Crippen LogP contribution < -0.4 is 10.6 Å². The SMILES string of the molecule is C=CCC(CC(=O)NCCOCCO)C(=O)NC(COC(=O)C(CC=C)Cc1ccccc1)Cc1ccccc1. The van der Waals surface area contributed by atoms with Crippen molar-refractivity contribution in [1.82, 2.24) is 10.6 Å². The molecule has 0 spiro atoms. The summed E-state index contributed by atoms with van der Waals surface area (Å²) in [5.74, 6) is -1.95. The second-order valence-corrected chi connectivity index (χ2v) is 9.55. The Bertz CT molecular complexity index is 1040. The fraction of sp³-hybridized carbons (Fsp3) is 0.406. The molecule has 0 saturated heterocycles. The standard InChI is InChI=1S/C32H42N2O6/c1-3-11-27(23-30(36)33-17-19-39-20-18-35)31(37)34-29(22-26-15-9-6-10-16-26)24-40-32(38)28(12-4-2)21-25-13-7-5-8-14-25/h3-10,13-16,27-29,35H,1-2,11-12,17-24H2,(H,33,36)(H,34,37). The molecule has 3 unspecified atom stereocenters. The summed E-state index contributed by atoms with van der Waals surface area (Å²) in [5, 5.41) is 14.5. The highest BCUT2D eigenvalue weighted by Gasteiger charge is 2.26. The second kappa shape index (κ2) is 19.3. The summed E-state index contributed by atoms with van der Waals surface area (Å²) >= 11 is 0. The van der Waals surface area contributed by atoms with Crippen LogP contribution in [0.25, 0.3) is 0 Å². The Labute approximate surface area is 237 Å². The molecule has 0 aliphatic rings. The van der Waals surface area contributed by atoms with Crippen molar-refractivity contribution in [3.05, 3.63) is 97.1 Å². The van der Waals surface area contributed by atoms with Gasteiger partial charge in [0.2, 0.25) is 11.8 Å². The molecule has 3 N–H and O–H groups in total. The third kappa shape index (κ3) is 12.9. The summed E-state index contributed by atoms with van der Waals surface area (Å²) in [7, 11) is 0. The van der Waals surface area contributed by atoms with Gasteiger partial charge in [0.1, 0.15) is 6.61 Å². The highest BCUT2D eigenvalue weighted by atomic mass is 16.5. The number of amides is 2. The van der Waals surface area contributed by atoms with Gasteiger partial charge in [-0.25, -0.2) is 0 Å². The molecule has 2 aromatic carbocycles. The third-order valence-electron chi connectivity index (χ3n) is 6.27. The first-order valence-corrected chi connectivity index (χ1v) is 13.7. The molecule has 0 saturated carbocycles. The molecule has 0 heterocycles. The molecule has 8 nitrogen and oxygen atoms in total. The largest absolute Gasteiger partial charge is 0.463 e. The Kier molecular flexibility index (Phi) is 15.7. The number of nitrogens with one attached hydrogen (secondary N) is 2. The predicted octanol–water partition coefficient (Wildman–Crippen LogP) is 3.40. The van der Waals surface area contributed by atoms with E-state index in [4.69, 9.17) is 14.6 Å². The normalized spacial score (nSPS) is 12.9. The maximum absolute atomic E-state index is 13.3. The third-order valence-corrected chi connectivity index (χ3v) is 6.27. The summed E-state index contributed by atoms with van der Waals surface area (Å²) in [6, 6.07) is 18.9. The molecular weight excluding hydrogens is 508 g/mol. The Morgan fingerprint density at radius 2 is 1.45 bits per heavy atom. The molecule has 0 bridgehead atoms. The summed E-state index contributed by atoms with van der Waals surface area (Å²) < 4.78 is 10.9. The molecule has 0 fully saturated rings. The van der Waals surface area contributed by atoms with Gasteiger partial charge in [0, 0.05) is 13.0 Å². The van der Waals surface area contributed by atoms with Crippen molar-refractivity contribution in [3.8, 4) is 0 Å². The Hall–Kier alpha value is -3.75. The van der Waals surface area contributed by atoms with Crippen LogP contribution in [0.2, 0.25) is 0 Å². The van der Waals surface area contributed by atoms with Gasteiger partial charge in [-0.15, -0.1) is 13.2 Å². The van der Waals surface area contributed by atoms with Gasteiger partial charge in [0.05, 0.1) is 37.7 Å². The number of hydrogen-bond acceptors (Lipinski definition) is 6. The van der Waals surface area contributed by atoms with Gasteiger partial charge in [0.15, 0.2) is 0 Å². The molecule has 3 atom stereocenters. The number of carbonyl (C=O) groups is 3. The average molecular weight is 551 g/mol. The van der Waals surface area contributed by atoms with Gasteiger partial charge in [0.25, 0.3) is 0 Å². The number of allylic oxidation sites excluding steroid dienone is 2. The average Bonchev–Trinajstić information content (AvgIpc) is 2.96. The smallest absolute Gasteiger partial charge is 0.309 e. The van der Waals surface area contributed by atoms with Crippen molar-refractivity contribution in [2.45, 2.75) is 38.1 Å². The van der Waals surface area contributed by atoms with E-state index in [0.29, 0.717) is 25.7 Å². The molecule has 0 radical (unpaired) electrons. The number of esters is 1. The van der Waals surface area contributed by atoms with Gasteiger partial charge < -0.3 is 25.2 Å². The number of aliphatic hydroxyl groups excluding tert-OH is 1. The lowest BCUT2D eigenvalue weighted by Gasteiger charge is -2.23. The molecule has 0 aromatic heterocycles. The minimum absolute atomic E-state index is 0.00288. The van der Waals surface area contributed by atoms with Gasteiger partial charge in [-0.2, -0.15) is 0 Å². The molecule has 2 rings (SSSR count). The van der Waals surface area contributed by atoms with Crippen LogP contribution in [0.3, 0.4) is 0 Å². The minimum Gasteiger partial charge on any atom is -0.463 e. The first kappa shape index (κ1) is 32.5. The van der Waals surface area contributed by atoms with Crippen LogP contribution in [0.5, 0.6) is 0 Å². The van der Waals surface area contributed by atoms with Crippen LogP contribution in [-0.2, 0) is 36.7 Å². The molecule has 0 aliphatic carbocycles. The van der Waals surface area contributed by atoms with Gasteiger partial charge in [-0.05, 0) is 36.8 Å². The molecule has 2 amide bonds. The predicted molar refractivity (Wildman–Crippen MR) is 155 cm³/mol. The second-order valence-electron chi connectivity index (χ2n) is 9.55. The number of carbonyl (C=O) groups excluding carboxylic acids is 3. The van der Waals surface area contributed by atoms with Gasteiger partial charge in [-0.1, -0.05) is 72.8 Å². The number of rotatable bonds is 20. The lowest BCUT2D eigenvalue weighted by atomic mass is 9.96. The number of benzene rings is 2. The van der Waals surface area contributed by atoms with Crippen LogP contribution in [-0.4, -0.2) is 61.9 Å². The number of hydrogen-bond donors (Lipinski definition) is 3. The number of aliphatic hydroxyl groups is 1. The zero-order chi connectivity index (χ0) is 29.0. The fourth-order valence-corrected chi connectivity index (χ4v) is 4.24. The fourth-order valence-electron chi connectivity index (χ4n) is 4.24. The molecule has 216 valence electrons. The molecular formula is C32H42N2O6. The molecule has 0 aliphatic heterocycles. The van der Waals surface area contributed by atoms with Crippen molar-refractivity contribution in [3.63, 3.8) is 0 Å². The van der Waals surface area contributed by atoms with Crippen molar-refractivity contribution < 1.29 is 29.0 Å². The zero-order valence-electron chi connectivity index (χ0n) is 23.1. The van der Waals surface area contributed by atoms with E-state index in [-0.39, 0.29) is 63.1 Å². The zero-order valence-corrected chi connectivity index (χ0v) is 23.1. The van der Waals surface area contributed by atoms with E-state index >= 15 is 0 Å². The minimum atomic E-state index is -0.628. The van der Waals surface area contributed by atoms with Crippen LogP contribution in [0.4, 0.5) is 0 Å². The van der Waals surface area contributed by atoms with Crippen molar-refractivity contribution in [1.29, 1.82) is 0 Å². The quantitative estimate of drug-likeness (QED) is 0.132. The monoisotopic (exact) mass is 550 g/mol.